The summed E-state index contributed by atoms with van der Waals surface area (Å²) >= 11 is 0. The van der Waals surface area contributed by atoms with Crippen molar-refractivity contribution in [2.24, 2.45) is 0 Å². The zero-order chi connectivity index (χ0) is 17.9. The highest BCUT2D eigenvalue weighted by atomic mass is 19.4. The van der Waals surface area contributed by atoms with Gasteiger partial charge in [-0.1, -0.05) is 36.4 Å². The first-order chi connectivity index (χ1) is 11.9. The Balaban J connectivity index is 1.46. The lowest BCUT2D eigenvalue weighted by Gasteiger charge is -2.38. The highest BCUT2D eigenvalue weighted by molar-refractivity contribution is 5.75. The molecule has 1 aliphatic heterocycles. The lowest BCUT2D eigenvalue weighted by molar-refractivity contribution is -0.137. The Morgan fingerprint density at radius 3 is 2.52 bits per heavy atom. The molecule has 1 heterocycles. The van der Waals surface area contributed by atoms with Crippen LogP contribution in [0.1, 0.15) is 11.1 Å². The molecule has 0 unspecified atom stereocenters. The quantitative estimate of drug-likeness (QED) is 0.914. The van der Waals surface area contributed by atoms with E-state index in [9.17, 15) is 18.0 Å². The van der Waals surface area contributed by atoms with Crippen molar-refractivity contribution in [3.05, 3.63) is 65.7 Å². The minimum atomic E-state index is -4.40. The fraction of sp³-hybridized carbons (Fsp3) is 0.278. The van der Waals surface area contributed by atoms with Crippen LogP contribution in [0.5, 0.6) is 5.75 Å². The maximum Gasteiger partial charge on any atom is 0.416 e. The first-order valence-corrected chi connectivity index (χ1v) is 7.82. The van der Waals surface area contributed by atoms with Gasteiger partial charge in [0.25, 0.3) is 0 Å². The van der Waals surface area contributed by atoms with Gasteiger partial charge in [0, 0.05) is 6.54 Å². The second-order valence-corrected chi connectivity index (χ2v) is 5.81. The molecule has 0 aliphatic carbocycles. The molecule has 2 amide bonds. The molecule has 2 aromatic rings. The number of ether oxygens (including phenoxy) is 1. The van der Waals surface area contributed by atoms with Gasteiger partial charge in [0.05, 0.1) is 18.7 Å². The predicted octanol–water partition coefficient (Wildman–Crippen LogP) is 3.68. The Morgan fingerprint density at radius 2 is 1.84 bits per heavy atom. The van der Waals surface area contributed by atoms with Gasteiger partial charge in [-0.05, 0) is 23.8 Å². The van der Waals surface area contributed by atoms with Crippen LogP contribution in [-0.2, 0) is 12.7 Å². The van der Waals surface area contributed by atoms with E-state index in [1.807, 2.05) is 30.3 Å². The molecule has 25 heavy (non-hydrogen) atoms. The molecule has 1 aliphatic rings. The highest BCUT2D eigenvalue weighted by Crippen LogP contribution is 2.31. The zero-order valence-corrected chi connectivity index (χ0v) is 13.3. The molecule has 0 aromatic heterocycles. The highest BCUT2D eigenvalue weighted by Gasteiger charge is 2.34. The first kappa shape index (κ1) is 17.1. The molecule has 4 nitrogen and oxygen atoms in total. The van der Waals surface area contributed by atoms with Crippen molar-refractivity contribution in [1.29, 1.82) is 0 Å². The Bertz CT molecular complexity index is 729. The van der Waals surface area contributed by atoms with Gasteiger partial charge in [0.1, 0.15) is 11.9 Å². The molecule has 1 saturated heterocycles. The lowest BCUT2D eigenvalue weighted by atomic mass is 10.1. The first-order valence-electron chi connectivity index (χ1n) is 7.82. The Morgan fingerprint density at radius 1 is 1.12 bits per heavy atom. The van der Waals surface area contributed by atoms with Crippen LogP contribution in [0.15, 0.2) is 54.6 Å². The fourth-order valence-electron chi connectivity index (χ4n) is 2.50. The molecule has 132 valence electrons. The van der Waals surface area contributed by atoms with Crippen LogP contribution in [-0.4, -0.2) is 30.1 Å². The molecule has 7 heteroatoms. The molecule has 1 N–H and O–H groups in total. The van der Waals surface area contributed by atoms with Crippen molar-refractivity contribution in [2.75, 3.05) is 13.1 Å². The van der Waals surface area contributed by atoms with Gasteiger partial charge in [-0.2, -0.15) is 13.2 Å². The number of nitrogens with zero attached hydrogens (tertiary/aromatic N) is 1. The summed E-state index contributed by atoms with van der Waals surface area (Å²) in [5.41, 5.74) is 0.245. The van der Waals surface area contributed by atoms with E-state index >= 15 is 0 Å². The molecule has 1 fully saturated rings. The maximum atomic E-state index is 12.7. The number of likely N-dealkylation sites (tertiary alicyclic amines) is 1. The van der Waals surface area contributed by atoms with Crippen LogP contribution < -0.4 is 10.1 Å². The predicted molar refractivity (Wildman–Crippen MR) is 86.1 cm³/mol. The fourth-order valence-corrected chi connectivity index (χ4v) is 2.50. The average molecular weight is 350 g/mol. The number of benzene rings is 2. The SMILES string of the molecule is O=C(NCc1ccccc1)N1CC(Oc2cccc(C(F)(F)F)c2)C1. The van der Waals surface area contributed by atoms with Crippen LogP contribution in [0.4, 0.5) is 18.0 Å². The van der Waals surface area contributed by atoms with Crippen LogP contribution >= 0.6 is 0 Å². The number of hydrogen-bond acceptors (Lipinski definition) is 2. The summed E-state index contributed by atoms with van der Waals surface area (Å²) in [7, 11) is 0. The van der Waals surface area contributed by atoms with E-state index in [0.717, 1.165) is 17.7 Å². The van der Waals surface area contributed by atoms with Crippen LogP contribution in [0.2, 0.25) is 0 Å². The van der Waals surface area contributed by atoms with E-state index in [1.165, 1.54) is 12.1 Å². The zero-order valence-electron chi connectivity index (χ0n) is 13.3. The molecule has 0 radical (unpaired) electrons. The third-order valence-corrected chi connectivity index (χ3v) is 3.89. The van der Waals surface area contributed by atoms with Crippen molar-refractivity contribution in [1.82, 2.24) is 10.2 Å². The van der Waals surface area contributed by atoms with Gasteiger partial charge in [0.2, 0.25) is 0 Å². The molecule has 0 spiro atoms. The van der Waals surface area contributed by atoms with Crippen molar-refractivity contribution >= 4 is 6.03 Å². The molecule has 0 saturated carbocycles. The van der Waals surface area contributed by atoms with Crippen LogP contribution in [0, 0.1) is 0 Å². The summed E-state index contributed by atoms with van der Waals surface area (Å²) in [6.07, 6.45) is -4.70. The van der Waals surface area contributed by atoms with E-state index in [-0.39, 0.29) is 17.9 Å². The number of carbonyl (C=O) groups excluding carboxylic acids is 1. The van der Waals surface area contributed by atoms with Crippen molar-refractivity contribution in [2.45, 2.75) is 18.8 Å². The average Bonchev–Trinajstić information content (AvgIpc) is 2.56. The Labute approximate surface area is 143 Å². The number of rotatable bonds is 4. The topological polar surface area (TPSA) is 41.6 Å². The Kier molecular flexibility index (Phi) is 4.83. The van der Waals surface area contributed by atoms with Gasteiger partial charge in [-0.3, -0.25) is 0 Å². The van der Waals surface area contributed by atoms with Crippen LogP contribution in [0.25, 0.3) is 0 Å². The summed E-state index contributed by atoms with van der Waals surface area (Å²) in [4.78, 5) is 13.5. The van der Waals surface area contributed by atoms with Crippen molar-refractivity contribution < 1.29 is 22.7 Å². The minimum Gasteiger partial charge on any atom is -0.487 e. The number of amides is 2. The second kappa shape index (κ2) is 7.04. The summed E-state index contributed by atoms with van der Waals surface area (Å²) in [5.74, 6) is 0.157. The van der Waals surface area contributed by atoms with Crippen molar-refractivity contribution in [3.8, 4) is 5.75 Å². The van der Waals surface area contributed by atoms with Crippen molar-refractivity contribution in [3.63, 3.8) is 0 Å². The van der Waals surface area contributed by atoms with Gasteiger partial charge in [-0.15, -0.1) is 0 Å². The molecule has 0 bridgehead atoms. The number of alkyl halides is 3. The van der Waals surface area contributed by atoms with E-state index in [4.69, 9.17) is 4.74 Å². The van der Waals surface area contributed by atoms with E-state index < -0.39 is 11.7 Å². The number of halogens is 3. The number of nitrogens with one attached hydrogen (secondary N) is 1. The molecule has 0 atom stereocenters. The van der Waals surface area contributed by atoms with E-state index in [0.29, 0.717) is 19.6 Å². The second-order valence-electron chi connectivity index (χ2n) is 5.81. The molecule has 2 aromatic carbocycles. The third-order valence-electron chi connectivity index (χ3n) is 3.89. The largest absolute Gasteiger partial charge is 0.487 e. The van der Waals surface area contributed by atoms with Gasteiger partial charge in [-0.25, -0.2) is 4.79 Å². The number of hydrogen-bond donors (Lipinski definition) is 1. The number of carbonyl (C=O) groups is 1. The third kappa shape index (κ3) is 4.43. The maximum absolute atomic E-state index is 12.7. The van der Waals surface area contributed by atoms with Gasteiger partial charge >= 0.3 is 12.2 Å². The van der Waals surface area contributed by atoms with E-state index in [2.05, 4.69) is 5.32 Å². The normalized spacial score (nSPS) is 14.8. The molecular weight excluding hydrogens is 333 g/mol. The lowest BCUT2D eigenvalue weighted by Crippen LogP contribution is -2.58. The summed E-state index contributed by atoms with van der Waals surface area (Å²) in [6, 6.07) is 14.0. The molecular formula is C18H17F3N2O2. The standard InChI is InChI=1S/C18H17F3N2O2/c19-18(20,21)14-7-4-8-15(9-14)25-16-11-23(12-16)17(24)22-10-13-5-2-1-3-6-13/h1-9,16H,10-12H2,(H,22,24). The van der Waals surface area contributed by atoms with Gasteiger partial charge in [0.15, 0.2) is 0 Å². The summed E-state index contributed by atoms with van der Waals surface area (Å²) in [6.45, 7) is 1.11. The van der Waals surface area contributed by atoms with Crippen LogP contribution in [0.3, 0.4) is 0 Å². The monoisotopic (exact) mass is 350 g/mol. The minimum absolute atomic E-state index is 0.157. The summed E-state index contributed by atoms with van der Waals surface area (Å²) in [5, 5.41) is 2.80. The van der Waals surface area contributed by atoms with Gasteiger partial charge < -0.3 is 15.0 Å². The summed E-state index contributed by atoms with van der Waals surface area (Å²) < 4.78 is 43.5. The van der Waals surface area contributed by atoms with E-state index in [1.54, 1.807) is 4.90 Å². The Hall–Kier alpha value is -2.70. The molecule has 3 rings (SSSR count). The smallest absolute Gasteiger partial charge is 0.416 e. The number of urea groups is 1.